The van der Waals surface area contributed by atoms with Crippen LogP contribution in [0.25, 0.3) is 0 Å². The van der Waals surface area contributed by atoms with Crippen LogP contribution < -0.4 is 5.32 Å². The summed E-state index contributed by atoms with van der Waals surface area (Å²) in [6.45, 7) is 5.79. The van der Waals surface area contributed by atoms with Crippen LogP contribution in [-0.2, 0) is 6.54 Å². The van der Waals surface area contributed by atoms with Crippen LogP contribution in [0.2, 0.25) is 5.02 Å². The summed E-state index contributed by atoms with van der Waals surface area (Å²) >= 11 is 5.63. The molecule has 17 heavy (non-hydrogen) atoms. The molecule has 0 bridgehead atoms. The number of hydrogen-bond acceptors (Lipinski definition) is 2. The molecule has 96 valence electrons. The summed E-state index contributed by atoms with van der Waals surface area (Å²) in [6.07, 6.45) is 0. The highest BCUT2D eigenvalue weighted by atomic mass is 35.5. The third-order valence-electron chi connectivity index (χ3n) is 3.08. The normalized spacial score (nSPS) is 12.2. The van der Waals surface area contributed by atoms with Gasteiger partial charge in [0.25, 0.3) is 0 Å². The first-order valence-corrected chi connectivity index (χ1v) is 6.03. The van der Waals surface area contributed by atoms with Gasteiger partial charge in [-0.05, 0) is 45.6 Å². The van der Waals surface area contributed by atoms with E-state index in [2.05, 4.69) is 24.1 Å². The average Bonchev–Trinajstić information content (AvgIpc) is 2.23. The molecule has 0 saturated carbocycles. The van der Waals surface area contributed by atoms with E-state index in [0.717, 1.165) is 12.1 Å². The van der Waals surface area contributed by atoms with Crippen molar-refractivity contribution in [1.29, 1.82) is 0 Å². The van der Waals surface area contributed by atoms with E-state index in [9.17, 15) is 4.39 Å². The van der Waals surface area contributed by atoms with Gasteiger partial charge in [-0.25, -0.2) is 4.39 Å². The molecule has 1 aromatic rings. The van der Waals surface area contributed by atoms with E-state index in [1.807, 2.05) is 20.2 Å². The molecule has 2 nitrogen and oxygen atoms in total. The zero-order valence-electron chi connectivity index (χ0n) is 10.8. The minimum Gasteiger partial charge on any atom is -0.311 e. The average molecular weight is 259 g/mol. The lowest BCUT2D eigenvalue weighted by molar-refractivity contribution is 0.190. The van der Waals surface area contributed by atoms with Crippen LogP contribution >= 0.6 is 11.6 Å². The summed E-state index contributed by atoms with van der Waals surface area (Å²) in [5.41, 5.74) is 0.979. The molecule has 0 radical (unpaired) electrons. The fourth-order valence-corrected chi connectivity index (χ4v) is 1.44. The van der Waals surface area contributed by atoms with Crippen LogP contribution in [-0.4, -0.2) is 31.1 Å². The molecule has 0 heterocycles. The van der Waals surface area contributed by atoms with Crippen molar-refractivity contribution in [2.24, 2.45) is 0 Å². The number of hydrogen-bond donors (Lipinski definition) is 1. The first kappa shape index (κ1) is 14.4. The van der Waals surface area contributed by atoms with E-state index in [0.29, 0.717) is 6.54 Å². The van der Waals surface area contributed by atoms with E-state index >= 15 is 0 Å². The maximum atomic E-state index is 13.2. The third kappa shape index (κ3) is 4.26. The lowest BCUT2D eigenvalue weighted by Gasteiger charge is -2.32. The van der Waals surface area contributed by atoms with Crippen molar-refractivity contribution in [1.82, 2.24) is 10.2 Å². The summed E-state index contributed by atoms with van der Waals surface area (Å²) in [4.78, 5) is 2.16. The Bertz CT molecular complexity index is 378. The predicted molar refractivity (Wildman–Crippen MR) is 70.9 cm³/mol. The van der Waals surface area contributed by atoms with E-state index in [4.69, 9.17) is 11.6 Å². The summed E-state index contributed by atoms with van der Waals surface area (Å²) in [5, 5.41) is 3.49. The molecule has 0 fully saturated rings. The standard InChI is InChI=1S/C13H20ClFN2/c1-13(2,17(3)4)9-16-8-10-5-6-11(14)12(15)7-10/h5-7,16H,8-9H2,1-4H3. The second-order valence-corrected chi connectivity index (χ2v) is 5.47. The number of likely N-dealkylation sites (N-methyl/N-ethyl adjacent to an activating group) is 1. The molecule has 1 rings (SSSR count). The zero-order valence-corrected chi connectivity index (χ0v) is 11.6. The molecule has 0 aliphatic rings. The van der Waals surface area contributed by atoms with Crippen molar-refractivity contribution in [2.45, 2.75) is 25.9 Å². The van der Waals surface area contributed by atoms with Crippen LogP contribution in [0.1, 0.15) is 19.4 Å². The Kier molecular flexibility index (Phi) is 4.92. The van der Waals surface area contributed by atoms with Crippen LogP contribution in [0.5, 0.6) is 0 Å². The van der Waals surface area contributed by atoms with Crippen LogP contribution in [0, 0.1) is 5.82 Å². The Morgan fingerprint density at radius 3 is 2.53 bits per heavy atom. The van der Waals surface area contributed by atoms with Crippen LogP contribution in [0.3, 0.4) is 0 Å². The molecule has 1 N–H and O–H groups in total. The summed E-state index contributed by atoms with van der Waals surface area (Å²) in [6, 6.07) is 4.89. The van der Waals surface area contributed by atoms with Gasteiger partial charge >= 0.3 is 0 Å². The molecule has 4 heteroatoms. The summed E-state index contributed by atoms with van der Waals surface area (Å²) in [7, 11) is 4.09. The van der Waals surface area contributed by atoms with Gasteiger partial charge in [0.15, 0.2) is 0 Å². The number of nitrogens with one attached hydrogen (secondary N) is 1. The Balaban J connectivity index is 2.49. The third-order valence-corrected chi connectivity index (χ3v) is 3.39. The van der Waals surface area contributed by atoms with Crippen molar-refractivity contribution in [2.75, 3.05) is 20.6 Å². The Labute approximate surface area is 108 Å². The first-order valence-electron chi connectivity index (χ1n) is 5.65. The molecule has 0 spiro atoms. The molecule has 0 unspecified atom stereocenters. The predicted octanol–water partition coefficient (Wildman–Crippen LogP) is 2.91. The highest BCUT2D eigenvalue weighted by molar-refractivity contribution is 6.30. The van der Waals surface area contributed by atoms with Crippen molar-refractivity contribution < 1.29 is 4.39 Å². The van der Waals surface area contributed by atoms with Crippen LogP contribution in [0.15, 0.2) is 18.2 Å². The second kappa shape index (κ2) is 5.80. The van der Waals surface area contributed by atoms with E-state index in [-0.39, 0.29) is 16.4 Å². The number of rotatable bonds is 5. The quantitative estimate of drug-likeness (QED) is 0.874. The number of halogens is 2. The fraction of sp³-hybridized carbons (Fsp3) is 0.538. The molecule has 0 aliphatic heterocycles. The largest absolute Gasteiger partial charge is 0.311 e. The monoisotopic (exact) mass is 258 g/mol. The number of benzene rings is 1. The highest BCUT2D eigenvalue weighted by Crippen LogP contribution is 2.15. The second-order valence-electron chi connectivity index (χ2n) is 5.06. The van der Waals surface area contributed by atoms with Gasteiger partial charge in [-0.3, -0.25) is 0 Å². The van der Waals surface area contributed by atoms with Crippen molar-refractivity contribution >= 4 is 11.6 Å². The Morgan fingerprint density at radius 1 is 1.35 bits per heavy atom. The molecular formula is C13H20ClFN2. The minimum absolute atomic E-state index is 0.0744. The maximum Gasteiger partial charge on any atom is 0.142 e. The Morgan fingerprint density at radius 2 is 2.00 bits per heavy atom. The molecular weight excluding hydrogens is 239 g/mol. The van der Waals surface area contributed by atoms with Gasteiger partial charge < -0.3 is 10.2 Å². The molecule has 1 aromatic carbocycles. The van der Waals surface area contributed by atoms with Crippen molar-refractivity contribution in [3.05, 3.63) is 34.6 Å². The van der Waals surface area contributed by atoms with Gasteiger partial charge in [-0.1, -0.05) is 17.7 Å². The smallest absolute Gasteiger partial charge is 0.142 e. The molecule has 0 saturated heterocycles. The first-order chi connectivity index (χ1) is 7.83. The van der Waals surface area contributed by atoms with Gasteiger partial charge in [-0.2, -0.15) is 0 Å². The summed E-state index contributed by atoms with van der Waals surface area (Å²) in [5.74, 6) is -0.363. The van der Waals surface area contributed by atoms with E-state index in [1.165, 1.54) is 6.07 Å². The van der Waals surface area contributed by atoms with Gasteiger partial charge in [0.2, 0.25) is 0 Å². The lowest BCUT2D eigenvalue weighted by Crippen LogP contribution is -2.46. The van der Waals surface area contributed by atoms with Crippen LogP contribution in [0.4, 0.5) is 4.39 Å². The SMILES string of the molecule is CN(C)C(C)(C)CNCc1ccc(Cl)c(F)c1. The highest BCUT2D eigenvalue weighted by Gasteiger charge is 2.19. The molecule has 0 atom stereocenters. The van der Waals surface area contributed by atoms with Crippen molar-refractivity contribution in [3.8, 4) is 0 Å². The zero-order chi connectivity index (χ0) is 13.1. The maximum absolute atomic E-state index is 13.2. The number of nitrogens with zero attached hydrogens (tertiary/aromatic N) is 1. The molecule has 0 aliphatic carbocycles. The van der Waals surface area contributed by atoms with E-state index in [1.54, 1.807) is 6.07 Å². The van der Waals surface area contributed by atoms with Gasteiger partial charge in [0, 0.05) is 18.6 Å². The van der Waals surface area contributed by atoms with Gasteiger partial charge in [-0.15, -0.1) is 0 Å². The lowest BCUT2D eigenvalue weighted by atomic mass is 10.0. The minimum atomic E-state index is -0.363. The Hall–Kier alpha value is -0.640. The molecule has 0 aromatic heterocycles. The van der Waals surface area contributed by atoms with Crippen molar-refractivity contribution in [3.63, 3.8) is 0 Å². The molecule has 0 amide bonds. The van der Waals surface area contributed by atoms with Gasteiger partial charge in [0.05, 0.1) is 5.02 Å². The fourth-order valence-electron chi connectivity index (χ4n) is 1.32. The van der Waals surface area contributed by atoms with Gasteiger partial charge in [0.1, 0.15) is 5.82 Å². The summed E-state index contributed by atoms with van der Waals surface area (Å²) < 4.78 is 13.2. The van der Waals surface area contributed by atoms with E-state index < -0.39 is 0 Å². The topological polar surface area (TPSA) is 15.3 Å².